The lowest BCUT2D eigenvalue weighted by Crippen LogP contribution is -2.26. The van der Waals surface area contributed by atoms with Crippen molar-refractivity contribution in [3.05, 3.63) is 95.1 Å². The Labute approximate surface area is 172 Å². The summed E-state index contributed by atoms with van der Waals surface area (Å²) in [4.78, 5) is 25.5. The SMILES string of the molecule is COc1ccc(C)cc1NC(=O)[C@@H](OC(=O)c1c(F)cccc1F)c1ccccc1. The van der Waals surface area contributed by atoms with Gasteiger partial charge in [0.2, 0.25) is 6.10 Å². The zero-order chi connectivity index (χ0) is 21.7. The van der Waals surface area contributed by atoms with E-state index in [0.717, 1.165) is 23.8 Å². The number of carbonyl (C=O) groups is 2. The van der Waals surface area contributed by atoms with Gasteiger partial charge in [-0.3, -0.25) is 4.79 Å². The first-order chi connectivity index (χ1) is 14.4. The van der Waals surface area contributed by atoms with Crippen molar-refractivity contribution in [2.75, 3.05) is 12.4 Å². The second-order valence-electron chi connectivity index (χ2n) is 6.49. The monoisotopic (exact) mass is 411 g/mol. The predicted octanol–water partition coefficient (Wildman–Crippen LogP) is 4.82. The second kappa shape index (κ2) is 9.17. The van der Waals surface area contributed by atoms with Gasteiger partial charge < -0.3 is 14.8 Å². The summed E-state index contributed by atoms with van der Waals surface area (Å²) in [6.45, 7) is 1.84. The summed E-state index contributed by atoms with van der Waals surface area (Å²) in [5.74, 6) is -3.73. The number of carbonyl (C=O) groups excluding carboxylic acids is 2. The number of methoxy groups -OCH3 is 1. The highest BCUT2D eigenvalue weighted by Crippen LogP contribution is 2.28. The first-order valence-corrected chi connectivity index (χ1v) is 9.06. The Morgan fingerprint density at radius 2 is 1.60 bits per heavy atom. The standard InChI is InChI=1S/C23H19F2NO4/c1-14-11-12-19(29-2)18(13-14)26-22(27)21(15-7-4-3-5-8-15)30-23(28)20-16(24)9-6-10-17(20)25/h3-13,21H,1-2H3,(H,26,27)/t21-/m0/s1. The van der Waals surface area contributed by atoms with E-state index in [4.69, 9.17) is 9.47 Å². The van der Waals surface area contributed by atoms with Crippen molar-refractivity contribution < 1.29 is 27.8 Å². The van der Waals surface area contributed by atoms with E-state index in [-0.39, 0.29) is 0 Å². The van der Waals surface area contributed by atoms with Gasteiger partial charge >= 0.3 is 5.97 Å². The van der Waals surface area contributed by atoms with E-state index in [2.05, 4.69) is 5.32 Å². The first kappa shape index (κ1) is 21.0. The quantitative estimate of drug-likeness (QED) is 0.591. The molecular formula is C23H19F2NO4. The van der Waals surface area contributed by atoms with E-state index in [1.54, 1.807) is 42.5 Å². The van der Waals surface area contributed by atoms with Crippen LogP contribution in [0.5, 0.6) is 5.75 Å². The smallest absolute Gasteiger partial charge is 0.345 e. The third-order valence-corrected chi connectivity index (χ3v) is 4.35. The first-order valence-electron chi connectivity index (χ1n) is 9.06. The molecule has 3 aromatic rings. The third kappa shape index (κ3) is 4.63. The van der Waals surface area contributed by atoms with Crippen molar-refractivity contribution in [3.8, 4) is 5.75 Å². The van der Waals surface area contributed by atoms with Gasteiger partial charge in [-0.1, -0.05) is 42.5 Å². The molecule has 0 unspecified atom stereocenters. The molecule has 0 fully saturated rings. The van der Waals surface area contributed by atoms with Crippen molar-refractivity contribution in [1.29, 1.82) is 0 Å². The van der Waals surface area contributed by atoms with Crippen LogP contribution in [0.25, 0.3) is 0 Å². The van der Waals surface area contributed by atoms with E-state index in [9.17, 15) is 18.4 Å². The molecule has 30 heavy (non-hydrogen) atoms. The van der Waals surface area contributed by atoms with Gasteiger partial charge in [-0.25, -0.2) is 13.6 Å². The number of nitrogens with one attached hydrogen (secondary N) is 1. The molecule has 0 heterocycles. The van der Waals surface area contributed by atoms with Crippen LogP contribution in [0.1, 0.15) is 27.6 Å². The Hall–Kier alpha value is -3.74. The molecule has 0 bridgehead atoms. The maximum atomic E-state index is 14.0. The van der Waals surface area contributed by atoms with Crippen LogP contribution in [0.4, 0.5) is 14.5 Å². The van der Waals surface area contributed by atoms with E-state index < -0.39 is 35.2 Å². The maximum absolute atomic E-state index is 14.0. The van der Waals surface area contributed by atoms with Crippen LogP contribution in [0.15, 0.2) is 66.7 Å². The minimum Gasteiger partial charge on any atom is -0.495 e. The maximum Gasteiger partial charge on any atom is 0.345 e. The largest absolute Gasteiger partial charge is 0.495 e. The molecule has 5 nitrogen and oxygen atoms in total. The van der Waals surface area contributed by atoms with Crippen LogP contribution in [-0.2, 0) is 9.53 Å². The van der Waals surface area contributed by atoms with Gasteiger partial charge in [0.15, 0.2) is 0 Å². The number of amides is 1. The molecule has 0 radical (unpaired) electrons. The van der Waals surface area contributed by atoms with Gasteiger partial charge in [-0.15, -0.1) is 0 Å². The van der Waals surface area contributed by atoms with Crippen molar-refractivity contribution in [3.63, 3.8) is 0 Å². The number of halogens is 2. The minimum absolute atomic E-state index is 0.340. The number of hydrogen-bond donors (Lipinski definition) is 1. The van der Waals surface area contributed by atoms with Crippen molar-refractivity contribution in [2.45, 2.75) is 13.0 Å². The molecular weight excluding hydrogens is 392 g/mol. The fraction of sp³-hybridized carbons (Fsp3) is 0.130. The average molecular weight is 411 g/mol. The van der Waals surface area contributed by atoms with E-state index in [0.29, 0.717) is 17.0 Å². The van der Waals surface area contributed by atoms with Crippen molar-refractivity contribution >= 4 is 17.6 Å². The lowest BCUT2D eigenvalue weighted by molar-refractivity contribution is -0.125. The Balaban J connectivity index is 1.93. The number of ether oxygens (including phenoxy) is 2. The summed E-state index contributed by atoms with van der Waals surface area (Å²) < 4.78 is 38.5. The van der Waals surface area contributed by atoms with Gasteiger partial charge in [0.1, 0.15) is 22.9 Å². The molecule has 1 N–H and O–H groups in total. The molecule has 1 atom stereocenters. The molecule has 0 spiro atoms. The van der Waals surface area contributed by atoms with Crippen molar-refractivity contribution in [1.82, 2.24) is 0 Å². The molecule has 0 aromatic heterocycles. The lowest BCUT2D eigenvalue weighted by atomic mass is 10.1. The summed E-state index contributed by atoms with van der Waals surface area (Å²) >= 11 is 0. The Morgan fingerprint density at radius 3 is 2.23 bits per heavy atom. The molecule has 3 rings (SSSR count). The number of rotatable bonds is 6. The molecule has 0 aliphatic heterocycles. The second-order valence-corrected chi connectivity index (χ2v) is 6.49. The fourth-order valence-electron chi connectivity index (χ4n) is 2.88. The van der Waals surface area contributed by atoms with Gasteiger partial charge in [-0.05, 0) is 36.8 Å². The summed E-state index contributed by atoms with van der Waals surface area (Å²) in [7, 11) is 1.45. The molecule has 0 saturated carbocycles. The molecule has 7 heteroatoms. The molecule has 154 valence electrons. The topological polar surface area (TPSA) is 64.6 Å². The van der Waals surface area contributed by atoms with Crippen molar-refractivity contribution in [2.24, 2.45) is 0 Å². The molecule has 0 aliphatic carbocycles. The van der Waals surface area contributed by atoms with Crippen LogP contribution in [-0.4, -0.2) is 19.0 Å². The van der Waals surface area contributed by atoms with Crippen LogP contribution in [0.2, 0.25) is 0 Å². The number of hydrogen-bond acceptors (Lipinski definition) is 4. The van der Waals surface area contributed by atoms with Gasteiger partial charge in [-0.2, -0.15) is 0 Å². The highest BCUT2D eigenvalue weighted by molar-refractivity contribution is 5.99. The third-order valence-electron chi connectivity index (χ3n) is 4.35. The zero-order valence-electron chi connectivity index (χ0n) is 16.3. The number of anilines is 1. The number of esters is 1. The van der Waals surface area contributed by atoms with Crippen LogP contribution >= 0.6 is 0 Å². The summed E-state index contributed by atoms with van der Waals surface area (Å²) in [5.41, 5.74) is 0.718. The Bertz CT molecular complexity index is 1050. The lowest BCUT2D eigenvalue weighted by Gasteiger charge is -2.19. The molecule has 3 aromatic carbocycles. The van der Waals surface area contributed by atoms with E-state index >= 15 is 0 Å². The summed E-state index contributed by atoms with van der Waals surface area (Å²) in [6.07, 6.45) is -1.44. The van der Waals surface area contributed by atoms with Gasteiger partial charge in [0, 0.05) is 5.56 Å². The molecule has 0 saturated heterocycles. The summed E-state index contributed by atoms with van der Waals surface area (Å²) in [5, 5.41) is 2.66. The van der Waals surface area contributed by atoms with E-state index in [1.807, 2.05) is 13.0 Å². The molecule has 1 amide bonds. The van der Waals surface area contributed by atoms with Crippen LogP contribution in [0.3, 0.4) is 0 Å². The molecule has 0 aliphatic rings. The fourth-order valence-corrected chi connectivity index (χ4v) is 2.88. The highest BCUT2D eigenvalue weighted by Gasteiger charge is 2.29. The Kier molecular flexibility index (Phi) is 6.41. The average Bonchev–Trinajstić information content (AvgIpc) is 2.72. The van der Waals surface area contributed by atoms with E-state index in [1.165, 1.54) is 7.11 Å². The highest BCUT2D eigenvalue weighted by atomic mass is 19.1. The van der Waals surface area contributed by atoms with Crippen LogP contribution in [0, 0.1) is 18.6 Å². The number of aryl methyl sites for hydroxylation is 1. The predicted molar refractivity (Wildman–Crippen MR) is 107 cm³/mol. The van der Waals surface area contributed by atoms with Gasteiger partial charge in [0.25, 0.3) is 5.91 Å². The zero-order valence-corrected chi connectivity index (χ0v) is 16.3. The minimum atomic E-state index is -1.44. The summed E-state index contributed by atoms with van der Waals surface area (Å²) in [6, 6.07) is 16.4. The van der Waals surface area contributed by atoms with Gasteiger partial charge in [0.05, 0.1) is 12.8 Å². The normalized spacial score (nSPS) is 11.5. The number of benzene rings is 3. The van der Waals surface area contributed by atoms with Crippen LogP contribution < -0.4 is 10.1 Å². The Morgan fingerprint density at radius 1 is 0.933 bits per heavy atom.